The fraction of sp³-hybridized carbons (Fsp3) is 0.333. The molecule has 0 spiro atoms. The van der Waals surface area contributed by atoms with Crippen LogP contribution in [-0.4, -0.2) is 56.0 Å². The number of carbonyl (C=O) groups excluding carboxylic acids is 1. The van der Waals surface area contributed by atoms with E-state index >= 15 is 0 Å². The van der Waals surface area contributed by atoms with Crippen LogP contribution < -0.4 is 10.1 Å². The van der Waals surface area contributed by atoms with Crippen molar-refractivity contribution in [3.63, 3.8) is 0 Å². The number of ether oxygens (including phenoxy) is 1. The topological polar surface area (TPSA) is 68.6 Å². The Morgan fingerprint density at radius 1 is 1.15 bits per heavy atom. The van der Waals surface area contributed by atoms with E-state index in [0.29, 0.717) is 30.0 Å². The molecule has 7 heteroatoms. The number of piperazine rings is 1. The molecular weight excluding hydrogens is 431 g/mol. The van der Waals surface area contributed by atoms with E-state index in [1.165, 1.54) is 19.2 Å². The minimum atomic E-state index is -1.06. The lowest BCUT2D eigenvalue weighted by Crippen LogP contribution is -2.59. The molecule has 4 rings (SSSR count). The summed E-state index contributed by atoms with van der Waals surface area (Å²) in [5.74, 6) is -0.148. The quantitative estimate of drug-likeness (QED) is 0.608. The minimum Gasteiger partial charge on any atom is -0.495 e. The van der Waals surface area contributed by atoms with E-state index in [2.05, 4.69) is 28.2 Å². The minimum absolute atomic E-state index is 0.177. The van der Waals surface area contributed by atoms with Crippen molar-refractivity contribution in [2.24, 2.45) is 0 Å². The van der Waals surface area contributed by atoms with Crippen molar-refractivity contribution >= 4 is 16.7 Å². The van der Waals surface area contributed by atoms with Gasteiger partial charge in [-0.3, -0.25) is 9.69 Å². The Kier molecular flexibility index (Phi) is 6.82. The summed E-state index contributed by atoms with van der Waals surface area (Å²) in [5, 5.41) is 14.5. The van der Waals surface area contributed by atoms with Crippen molar-refractivity contribution in [1.29, 1.82) is 5.26 Å². The summed E-state index contributed by atoms with van der Waals surface area (Å²) in [6, 6.07) is 18.0. The summed E-state index contributed by atoms with van der Waals surface area (Å²) in [5.41, 5.74) is 0.708. The Hall–Kier alpha value is -3.47. The van der Waals surface area contributed by atoms with E-state index in [4.69, 9.17) is 4.74 Å². The van der Waals surface area contributed by atoms with Crippen LogP contribution in [0.15, 0.2) is 54.6 Å². The monoisotopic (exact) mass is 460 g/mol. The lowest BCUT2D eigenvalue weighted by molar-refractivity contribution is -0.135. The molecule has 1 aliphatic rings. The molecule has 0 saturated carbocycles. The molecule has 176 valence electrons. The fourth-order valence-electron chi connectivity index (χ4n) is 4.74. The molecule has 0 aromatic heterocycles. The molecule has 1 unspecified atom stereocenters. The number of nitriles is 1. The standard InChI is InChI=1S/C27H29FN4O2/c1-27(21-8-6-9-22(28)16-21,32-13-11-31(2)12-14-32)26(33)30-18-24-23-10-5-4-7-19(23)15-20(17-29)25(24)34-3/h4-10,15-16H,11-14,18H2,1-3H3,(H,30,33). The van der Waals surface area contributed by atoms with Gasteiger partial charge < -0.3 is 15.0 Å². The van der Waals surface area contributed by atoms with Crippen molar-refractivity contribution in [2.75, 3.05) is 40.3 Å². The lowest BCUT2D eigenvalue weighted by atomic mass is 9.87. The summed E-state index contributed by atoms with van der Waals surface area (Å²) in [4.78, 5) is 18.1. The van der Waals surface area contributed by atoms with Crippen LogP contribution in [0.5, 0.6) is 5.75 Å². The van der Waals surface area contributed by atoms with Crippen molar-refractivity contribution in [3.05, 3.63) is 77.1 Å². The van der Waals surface area contributed by atoms with Gasteiger partial charge in [-0.05, 0) is 48.5 Å². The molecule has 1 atom stereocenters. The van der Waals surface area contributed by atoms with E-state index < -0.39 is 5.54 Å². The van der Waals surface area contributed by atoms with Gasteiger partial charge in [-0.2, -0.15) is 5.26 Å². The predicted molar refractivity (Wildman–Crippen MR) is 130 cm³/mol. The SMILES string of the molecule is COc1c(C#N)cc2ccccc2c1CNC(=O)C(C)(c1cccc(F)c1)N1CCN(C)CC1. The van der Waals surface area contributed by atoms with Crippen molar-refractivity contribution in [1.82, 2.24) is 15.1 Å². The van der Waals surface area contributed by atoms with Gasteiger partial charge in [-0.1, -0.05) is 36.4 Å². The number of amides is 1. The first-order valence-corrected chi connectivity index (χ1v) is 11.3. The van der Waals surface area contributed by atoms with Gasteiger partial charge in [-0.15, -0.1) is 0 Å². The second-order valence-electron chi connectivity index (χ2n) is 8.82. The second kappa shape index (κ2) is 9.80. The molecule has 3 aromatic rings. The van der Waals surface area contributed by atoms with Crippen LogP contribution in [0.3, 0.4) is 0 Å². The number of fused-ring (bicyclic) bond motifs is 1. The average molecular weight is 461 g/mol. The van der Waals surface area contributed by atoms with Crippen LogP contribution in [0.2, 0.25) is 0 Å². The van der Waals surface area contributed by atoms with E-state index in [0.717, 1.165) is 29.4 Å². The summed E-state index contributed by atoms with van der Waals surface area (Å²) in [7, 11) is 3.58. The molecule has 34 heavy (non-hydrogen) atoms. The zero-order valence-electron chi connectivity index (χ0n) is 19.8. The van der Waals surface area contributed by atoms with Gasteiger partial charge in [0.15, 0.2) is 0 Å². The number of halogens is 1. The van der Waals surface area contributed by atoms with Gasteiger partial charge >= 0.3 is 0 Å². The number of benzene rings is 3. The first-order valence-electron chi connectivity index (χ1n) is 11.3. The summed E-state index contributed by atoms with van der Waals surface area (Å²) >= 11 is 0. The highest BCUT2D eigenvalue weighted by Gasteiger charge is 2.42. The molecule has 1 N–H and O–H groups in total. The van der Waals surface area contributed by atoms with Gasteiger partial charge in [0, 0.05) is 38.3 Å². The van der Waals surface area contributed by atoms with Gasteiger partial charge in [0.1, 0.15) is 23.2 Å². The molecule has 1 heterocycles. The molecule has 1 aliphatic heterocycles. The van der Waals surface area contributed by atoms with Crippen LogP contribution in [-0.2, 0) is 16.9 Å². The van der Waals surface area contributed by atoms with Gasteiger partial charge in [0.2, 0.25) is 5.91 Å². The van der Waals surface area contributed by atoms with Crippen LogP contribution in [0, 0.1) is 17.1 Å². The number of rotatable bonds is 6. The summed E-state index contributed by atoms with van der Waals surface area (Å²) in [6.07, 6.45) is 0. The molecular formula is C27H29FN4O2. The zero-order chi connectivity index (χ0) is 24.3. The highest BCUT2D eigenvalue weighted by Crippen LogP contribution is 2.34. The van der Waals surface area contributed by atoms with Crippen LogP contribution in [0.1, 0.15) is 23.6 Å². The average Bonchev–Trinajstić information content (AvgIpc) is 2.86. The maximum atomic E-state index is 14.2. The Balaban J connectivity index is 1.71. The molecule has 3 aromatic carbocycles. The van der Waals surface area contributed by atoms with Crippen molar-refractivity contribution in [2.45, 2.75) is 19.0 Å². The van der Waals surface area contributed by atoms with E-state index in [1.807, 2.05) is 31.2 Å². The first kappa shape index (κ1) is 23.7. The summed E-state index contributed by atoms with van der Waals surface area (Å²) < 4.78 is 19.8. The molecule has 1 saturated heterocycles. The third kappa shape index (κ3) is 4.35. The van der Waals surface area contributed by atoms with E-state index in [1.54, 1.807) is 18.2 Å². The Morgan fingerprint density at radius 2 is 1.88 bits per heavy atom. The fourth-order valence-corrected chi connectivity index (χ4v) is 4.74. The number of likely N-dealkylation sites (N-methyl/N-ethyl adjacent to an activating group) is 1. The smallest absolute Gasteiger partial charge is 0.245 e. The maximum Gasteiger partial charge on any atom is 0.245 e. The molecule has 1 fully saturated rings. The zero-order valence-corrected chi connectivity index (χ0v) is 19.8. The third-order valence-corrected chi connectivity index (χ3v) is 6.82. The van der Waals surface area contributed by atoms with Gasteiger partial charge in [0.25, 0.3) is 0 Å². The lowest BCUT2D eigenvalue weighted by Gasteiger charge is -2.44. The third-order valence-electron chi connectivity index (χ3n) is 6.82. The van der Waals surface area contributed by atoms with E-state index in [-0.39, 0.29) is 18.3 Å². The molecule has 1 amide bonds. The highest BCUT2D eigenvalue weighted by atomic mass is 19.1. The molecule has 6 nitrogen and oxygen atoms in total. The Labute approximate surface area is 199 Å². The normalized spacial score (nSPS) is 16.6. The molecule has 0 radical (unpaired) electrons. The van der Waals surface area contributed by atoms with Crippen LogP contribution in [0.4, 0.5) is 4.39 Å². The van der Waals surface area contributed by atoms with Crippen molar-refractivity contribution in [3.8, 4) is 11.8 Å². The second-order valence-corrected chi connectivity index (χ2v) is 8.82. The number of hydrogen-bond donors (Lipinski definition) is 1. The molecule has 0 aliphatic carbocycles. The van der Waals surface area contributed by atoms with Crippen molar-refractivity contribution < 1.29 is 13.9 Å². The first-order chi connectivity index (χ1) is 16.4. The number of nitrogens with zero attached hydrogens (tertiary/aromatic N) is 3. The molecule has 0 bridgehead atoms. The number of nitrogens with one attached hydrogen (secondary N) is 1. The number of hydrogen-bond acceptors (Lipinski definition) is 5. The summed E-state index contributed by atoms with van der Waals surface area (Å²) in [6.45, 7) is 5.04. The Bertz CT molecular complexity index is 1250. The number of methoxy groups -OCH3 is 1. The van der Waals surface area contributed by atoms with Gasteiger partial charge in [0.05, 0.1) is 12.7 Å². The van der Waals surface area contributed by atoms with Crippen LogP contribution >= 0.6 is 0 Å². The largest absolute Gasteiger partial charge is 0.495 e. The highest BCUT2D eigenvalue weighted by molar-refractivity contribution is 5.91. The predicted octanol–water partition coefficient (Wildman–Crippen LogP) is 3.64. The van der Waals surface area contributed by atoms with Gasteiger partial charge in [-0.25, -0.2) is 4.39 Å². The van der Waals surface area contributed by atoms with Crippen LogP contribution in [0.25, 0.3) is 10.8 Å². The maximum absolute atomic E-state index is 14.2. The van der Waals surface area contributed by atoms with E-state index in [9.17, 15) is 14.4 Å². The Morgan fingerprint density at radius 3 is 2.56 bits per heavy atom. The number of carbonyl (C=O) groups is 1.